The van der Waals surface area contributed by atoms with E-state index in [4.69, 9.17) is 5.73 Å². The van der Waals surface area contributed by atoms with E-state index in [2.05, 4.69) is 10.1 Å². The van der Waals surface area contributed by atoms with E-state index in [0.29, 0.717) is 12.3 Å². The molecular weight excluding hydrogens is 326 g/mol. The zero-order valence-electron chi connectivity index (χ0n) is 13.1. The summed E-state index contributed by atoms with van der Waals surface area (Å²) in [4.78, 5) is 30.1. The van der Waals surface area contributed by atoms with Crippen LogP contribution in [0.1, 0.15) is 12.1 Å². The zero-order valence-corrected chi connectivity index (χ0v) is 13.9. The summed E-state index contributed by atoms with van der Waals surface area (Å²) >= 11 is 1.48. The Kier molecular flexibility index (Phi) is 4.57. The molecule has 0 spiro atoms. The topological polar surface area (TPSA) is 91.9 Å². The molecule has 7 nitrogen and oxygen atoms in total. The molecule has 2 N–H and O–H groups in total. The molecule has 0 bridgehead atoms. The van der Waals surface area contributed by atoms with Crippen LogP contribution in [-0.4, -0.2) is 40.5 Å². The number of aromatic nitrogens is 1. The Morgan fingerprint density at radius 3 is 2.75 bits per heavy atom. The van der Waals surface area contributed by atoms with Crippen LogP contribution in [0.2, 0.25) is 0 Å². The summed E-state index contributed by atoms with van der Waals surface area (Å²) in [6.07, 6.45) is 0.199. The van der Waals surface area contributed by atoms with Crippen molar-refractivity contribution in [1.82, 2.24) is 9.88 Å². The number of benzene rings is 1. The number of para-hydroxylation sites is 1. The molecule has 24 heavy (non-hydrogen) atoms. The Morgan fingerprint density at radius 2 is 2.12 bits per heavy atom. The van der Waals surface area contributed by atoms with E-state index < -0.39 is 11.9 Å². The van der Waals surface area contributed by atoms with Crippen molar-refractivity contribution in [3.63, 3.8) is 0 Å². The first-order valence-corrected chi connectivity index (χ1v) is 8.34. The number of carbonyl (C=O) groups is 2. The summed E-state index contributed by atoms with van der Waals surface area (Å²) < 4.78 is 0. The van der Waals surface area contributed by atoms with Crippen molar-refractivity contribution in [3.05, 3.63) is 46.9 Å². The van der Waals surface area contributed by atoms with Crippen LogP contribution >= 0.6 is 11.3 Å². The van der Waals surface area contributed by atoms with Gasteiger partial charge in [0.2, 0.25) is 5.91 Å². The van der Waals surface area contributed by atoms with Gasteiger partial charge in [0.25, 0.3) is 5.91 Å². The molecule has 0 saturated carbocycles. The fourth-order valence-corrected chi connectivity index (χ4v) is 3.08. The Labute approximate surface area is 143 Å². The van der Waals surface area contributed by atoms with Crippen LogP contribution in [0, 0.1) is 0 Å². The number of primary amides is 1. The fourth-order valence-electron chi connectivity index (χ4n) is 2.53. The maximum Gasteiger partial charge on any atom is 0.270 e. The number of hydrazone groups is 1. The summed E-state index contributed by atoms with van der Waals surface area (Å²) in [6.45, 7) is 0.397. The van der Waals surface area contributed by atoms with Gasteiger partial charge in [0.1, 0.15) is 11.8 Å². The van der Waals surface area contributed by atoms with Gasteiger partial charge in [0, 0.05) is 18.8 Å². The number of anilines is 1. The molecule has 3 rings (SSSR count). The summed E-state index contributed by atoms with van der Waals surface area (Å²) in [5.74, 6) is -0.736. The molecule has 1 aromatic heterocycles. The first-order chi connectivity index (χ1) is 11.6. The van der Waals surface area contributed by atoms with Gasteiger partial charge in [-0.1, -0.05) is 18.2 Å². The molecule has 0 aliphatic carbocycles. The number of nitrogens with two attached hydrogens (primary N) is 1. The molecule has 2 amide bonds. The van der Waals surface area contributed by atoms with Gasteiger partial charge in [0.15, 0.2) is 0 Å². The molecule has 1 aromatic carbocycles. The monoisotopic (exact) mass is 343 g/mol. The van der Waals surface area contributed by atoms with Gasteiger partial charge < -0.3 is 10.6 Å². The third-order valence-electron chi connectivity index (χ3n) is 3.74. The van der Waals surface area contributed by atoms with Crippen LogP contribution in [-0.2, 0) is 16.1 Å². The van der Waals surface area contributed by atoms with Gasteiger partial charge in [-0.2, -0.15) is 5.10 Å². The van der Waals surface area contributed by atoms with Crippen molar-refractivity contribution in [3.8, 4) is 0 Å². The van der Waals surface area contributed by atoms with Gasteiger partial charge in [0.05, 0.1) is 23.4 Å². The van der Waals surface area contributed by atoms with Crippen molar-refractivity contribution in [2.45, 2.75) is 19.0 Å². The van der Waals surface area contributed by atoms with Crippen molar-refractivity contribution in [2.24, 2.45) is 10.8 Å². The second-order valence-corrected chi connectivity index (χ2v) is 6.21. The number of nitrogens with zero attached hydrogens (tertiary/aromatic N) is 4. The van der Waals surface area contributed by atoms with Crippen LogP contribution in [0.3, 0.4) is 0 Å². The van der Waals surface area contributed by atoms with E-state index in [0.717, 1.165) is 11.4 Å². The minimum atomic E-state index is -0.654. The lowest BCUT2D eigenvalue weighted by Gasteiger charge is -2.20. The highest BCUT2D eigenvalue weighted by molar-refractivity contribution is 7.07. The van der Waals surface area contributed by atoms with Gasteiger partial charge in [-0.25, -0.2) is 4.98 Å². The van der Waals surface area contributed by atoms with Crippen LogP contribution in [0.15, 0.2) is 46.3 Å². The zero-order chi connectivity index (χ0) is 17.1. The highest BCUT2D eigenvalue weighted by Crippen LogP contribution is 2.25. The molecule has 0 fully saturated rings. The number of thiazole rings is 1. The highest BCUT2D eigenvalue weighted by Gasteiger charge is 2.35. The molecular formula is C16H17N5O2S. The molecule has 8 heteroatoms. The van der Waals surface area contributed by atoms with E-state index in [-0.39, 0.29) is 12.3 Å². The summed E-state index contributed by atoms with van der Waals surface area (Å²) in [6, 6.07) is 8.56. The smallest absolute Gasteiger partial charge is 0.270 e. The molecule has 0 unspecified atom stereocenters. The lowest BCUT2D eigenvalue weighted by molar-refractivity contribution is -0.123. The minimum absolute atomic E-state index is 0.199. The predicted molar refractivity (Wildman–Crippen MR) is 92.5 cm³/mol. The number of amides is 2. The average molecular weight is 343 g/mol. The Bertz CT molecular complexity index is 760. The molecule has 124 valence electrons. The summed E-state index contributed by atoms with van der Waals surface area (Å²) in [5.41, 5.74) is 9.08. The second-order valence-electron chi connectivity index (χ2n) is 5.49. The number of rotatable bonds is 5. The Hall–Kier alpha value is -2.74. The molecule has 1 aliphatic heterocycles. The van der Waals surface area contributed by atoms with Gasteiger partial charge in [-0.3, -0.25) is 14.6 Å². The molecule has 2 aromatic rings. The van der Waals surface area contributed by atoms with E-state index in [9.17, 15) is 9.59 Å². The highest BCUT2D eigenvalue weighted by atomic mass is 32.1. The average Bonchev–Trinajstić information content (AvgIpc) is 3.24. The minimum Gasteiger partial charge on any atom is -0.368 e. The van der Waals surface area contributed by atoms with Crippen molar-refractivity contribution in [1.29, 1.82) is 0 Å². The van der Waals surface area contributed by atoms with E-state index in [1.54, 1.807) is 17.5 Å². The maximum atomic E-state index is 12.6. The van der Waals surface area contributed by atoms with Gasteiger partial charge in [-0.05, 0) is 12.1 Å². The number of hydrogen-bond donors (Lipinski definition) is 1. The van der Waals surface area contributed by atoms with Crippen LogP contribution in [0.4, 0.5) is 5.69 Å². The number of hydrogen-bond acceptors (Lipinski definition) is 6. The van der Waals surface area contributed by atoms with Crippen LogP contribution < -0.4 is 10.7 Å². The van der Waals surface area contributed by atoms with E-state index in [1.807, 2.05) is 35.7 Å². The lowest BCUT2D eigenvalue weighted by Crippen LogP contribution is -2.40. The standard InChI is InChI=1S/C16H17N5O2S/c1-20(8-11-9-24-10-18-11)16(23)13-7-14(15(17)22)21(19-13)12-5-3-2-4-6-12/h2-6,9-10,14H,7-8H2,1H3,(H2,17,22)/t14-/m0/s1. The van der Waals surface area contributed by atoms with E-state index >= 15 is 0 Å². The molecule has 0 radical (unpaired) electrons. The first-order valence-electron chi connectivity index (χ1n) is 7.40. The molecule has 1 atom stereocenters. The first kappa shape index (κ1) is 16.1. The Morgan fingerprint density at radius 1 is 1.38 bits per heavy atom. The van der Waals surface area contributed by atoms with Gasteiger partial charge in [-0.15, -0.1) is 11.3 Å². The SMILES string of the molecule is CN(Cc1cscn1)C(=O)C1=NN(c2ccccc2)[C@H](C(N)=O)C1. The second kappa shape index (κ2) is 6.79. The largest absolute Gasteiger partial charge is 0.368 e. The van der Waals surface area contributed by atoms with Crippen LogP contribution in [0.5, 0.6) is 0 Å². The van der Waals surface area contributed by atoms with Crippen molar-refractivity contribution >= 4 is 34.6 Å². The molecule has 1 aliphatic rings. The van der Waals surface area contributed by atoms with Crippen molar-refractivity contribution < 1.29 is 9.59 Å². The Balaban J connectivity index is 1.80. The predicted octanol–water partition coefficient (Wildman–Crippen LogP) is 1.22. The van der Waals surface area contributed by atoms with Gasteiger partial charge >= 0.3 is 0 Å². The summed E-state index contributed by atoms with van der Waals surface area (Å²) in [5, 5.41) is 7.76. The fraction of sp³-hybridized carbons (Fsp3) is 0.250. The number of carbonyl (C=O) groups excluding carboxylic acids is 2. The third-order valence-corrected chi connectivity index (χ3v) is 4.37. The molecule has 2 heterocycles. The normalized spacial score (nSPS) is 16.8. The van der Waals surface area contributed by atoms with E-state index in [1.165, 1.54) is 16.3 Å². The molecule has 0 saturated heterocycles. The maximum absolute atomic E-state index is 12.6. The van der Waals surface area contributed by atoms with Crippen LogP contribution in [0.25, 0.3) is 0 Å². The quantitative estimate of drug-likeness (QED) is 0.883. The third kappa shape index (κ3) is 3.28. The summed E-state index contributed by atoms with van der Waals surface area (Å²) in [7, 11) is 1.69. The lowest BCUT2D eigenvalue weighted by atomic mass is 10.1. The van der Waals surface area contributed by atoms with Crippen molar-refractivity contribution in [2.75, 3.05) is 12.1 Å².